The van der Waals surface area contributed by atoms with Crippen LogP contribution in [-0.4, -0.2) is 49.6 Å². The van der Waals surface area contributed by atoms with Crippen LogP contribution in [0.4, 0.5) is 0 Å². The van der Waals surface area contributed by atoms with E-state index in [4.69, 9.17) is 9.47 Å². The van der Waals surface area contributed by atoms with E-state index in [1.807, 2.05) is 42.5 Å². The van der Waals surface area contributed by atoms with Crippen LogP contribution in [0.15, 0.2) is 54.6 Å². The predicted octanol–water partition coefficient (Wildman–Crippen LogP) is 4.97. The van der Waals surface area contributed by atoms with Crippen LogP contribution in [-0.2, 0) is 15.0 Å². The molecule has 2 aliphatic carbocycles. The Morgan fingerprint density at radius 3 is 2.68 bits per heavy atom. The van der Waals surface area contributed by atoms with Gasteiger partial charge in [-0.1, -0.05) is 24.3 Å². The second-order valence-corrected chi connectivity index (χ2v) is 11.0. The van der Waals surface area contributed by atoms with E-state index in [9.17, 15) is 9.59 Å². The van der Waals surface area contributed by atoms with Gasteiger partial charge >= 0.3 is 5.97 Å². The maximum absolute atomic E-state index is 12.9. The molecular weight excluding hydrogens is 464 g/mol. The van der Waals surface area contributed by atoms with Crippen molar-refractivity contribution in [2.24, 2.45) is 11.8 Å². The molecule has 3 fully saturated rings. The summed E-state index contributed by atoms with van der Waals surface area (Å²) >= 11 is 0. The number of hydrogen-bond acceptors (Lipinski definition) is 5. The smallest absolute Gasteiger partial charge is 0.308 e. The zero-order valence-corrected chi connectivity index (χ0v) is 21.9. The molecule has 1 N–H and O–H groups in total. The lowest BCUT2D eigenvalue weighted by atomic mass is 9.58. The fourth-order valence-corrected chi connectivity index (χ4v) is 6.37. The molecule has 196 valence electrons. The van der Waals surface area contributed by atoms with Crippen LogP contribution in [0.5, 0.6) is 11.5 Å². The monoisotopic (exact) mass is 502 g/mol. The lowest BCUT2D eigenvalue weighted by Crippen LogP contribution is -2.56. The largest absolute Gasteiger partial charge is 0.497 e. The number of fused-ring (bicyclic) bond motifs is 1. The molecular formula is C31H38N2O4. The average Bonchev–Trinajstić information content (AvgIpc) is 3.71. The van der Waals surface area contributed by atoms with Crippen LogP contribution in [0, 0.1) is 11.8 Å². The molecule has 6 heteroatoms. The number of piperidine rings is 1. The Balaban J connectivity index is 1.32. The minimum Gasteiger partial charge on any atom is -0.497 e. The lowest BCUT2D eigenvalue weighted by molar-refractivity contribution is -0.131. The van der Waals surface area contributed by atoms with Gasteiger partial charge in [0.15, 0.2) is 0 Å². The maximum atomic E-state index is 12.9. The quantitative estimate of drug-likeness (QED) is 0.314. The molecule has 3 atom stereocenters. The van der Waals surface area contributed by atoms with Crippen LogP contribution in [0.2, 0.25) is 0 Å². The summed E-state index contributed by atoms with van der Waals surface area (Å²) in [5.74, 6) is 2.40. The summed E-state index contributed by atoms with van der Waals surface area (Å²) < 4.78 is 10.7. The first-order valence-electron chi connectivity index (χ1n) is 13.6. The Morgan fingerprint density at radius 1 is 1.08 bits per heavy atom. The standard InChI is InChI=1S/C31H38N2O4/c1-22(34)37-29-8-4-6-25(18-29)31-15-16-33(20-24-9-10-24)21-26(31)12-13-27(19-31)32-30(35)14-11-23-5-3-7-28(17-23)36-2/h3-8,11,14,17-18,24,26-27H,9-10,12-13,15-16,19-21H2,1-2H3,(H,32,35)/t26-,27+,31+/m1/s1. The van der Waals surface area contributed by atoms with Gasteiger partial charge in [-0.05, 0) is 98.4 Å². The van der Waals surface area contributed by atoms with Gasteiger partial charge in [0.05, 0.1) is 7.11 Å². The van der Waals surface area contributed by atoms with E-state index in [-0.39, 0.29) is 23.3 Å². The maximum Gasteiger partial charge on any atom is 0.308 e. The topological polar surface area (TPSA) is 67.9 Å². The number of likely N-dealkylation sites (tertiary alicyclic amines) is 1. The highest BCUT2D eigenvalue weighted by molar-refractivity contribution is 5.92. The SMILES string of the molecule is COc1cccc(C=CC(=O)N[C@H]2CC[C@@H]3CN(CC4CC4)CC[C@@]3(c3cccc(OC(C)=O)c3)C2)c1. The number of carbonyl (C=O) groups is 2. The van der Waals surface area contributed by atoms with Crippen molar-refractivity contribution >= 4 is 18.0 Å². The first-order valence-corrected chi connectivity index (χ1v) is 13.6. The van der Waals surface area contributed by atoms with Gasteiger partial charge in [-0.2, -0.15) is 0 Å². The molecule has 1 amide bonds. The van der Waals surface area contributed by atoms with E-state index < -0.39 is 0 Å². The summed E-state index contributed by atoms with van der Waals surface area (Å²) in [6.45, 7) is 4.83. The Hall–Kier alpha value is -3.12. The molecule has 6 nitrogen and oxygen atoms in total. The van der Waals surface area contributed by atoms with Gasteiger partial charge < -0.3 is 19.7 Å². The molecule has 0 aromatic heterocycles. The Labute approximate surface area is 220 Å². The number of carbonyl (C=O) groups excluding carboxylic acids is 2. The van der Waals surface area contributed by atoms with Gasteiger partial charge in [0.25, 0.3) is 0 Å². The second-order valence-electron chi connectivity index (χ2n) is 11.0. The fourth-order valence-electron chi connectivity index (χ4n) is 6.37. The number of hydrogen-bond donors (Lipinski definition) is 1. The van der Waals surface area contributed by atoms with Crippen molar-refractivity contribution in [2.75, 3.05) is 26.7 Å². The molecule has 0 unspecified atom stereocenters. The Kier molecular flexibility index (Phi) is 7.65. The summed E-state index contributed by atoms with van der Waals surface area (Å²) in [6.07, 6.45) is 10.2. The third kappa shape index (κ3) is 6.24. The van der Waals surface area contributed by atoms with Crippen molar-refractivity contribution in [3.05, 3.63) is 65.7 Å². The first kappa shape index (κ1) is 25.5. The summed E-state index contributed by atoms with van der Waals surface area (Å²) in [4.78, 5) is 27.2. The van der Waals surface area contributed by atoms with Crippen molar-refractivity contribution < 1.29 is 19.1 Å². The number of benzene rings is 2. The molecule has 2 aromatic carbocycles. The Morgan fingerprint density at radius 2 is 1.89 bits per heavy atom. The molecule has 1 heterocycles. The van der Waals surface area contributed by atoms with Crippen LogP contribution in [0.3, 0.4) is 0 Å². The number of nitrogens with zero attached hydrogens (tertiary/aromatic N) is 1. The van der Waals surface area contributed by atoms with Crippen molar-refractivity contribution in [1.82, 2.24) is 10.2 Å². The van der Waals surface area contributed by atoms with Gasteiger partial charge in [-0.25, -0.2) is 0 Å². The number of nitrogens with one attached hydrogen (secondary N) is 1. The summed E-state index contributed by atoms with van der Waals surface area (Å²) in [7, 11) is 1.64. The number of rotatable bonds is 8. The molecule has 3 aliphatic rings. The van der Waals surface area contributed by atoms with Gasteiger partial charge in [0.2, 0.25) is 5.91 Å². The molecule has 0 radical (unpaired) electrons. The number of ether oxygens (including phenoxy) is 2. The number of methoxy groups -OCH3 is 1. The molecule has 37 heavy (non-hydrogen) atoms. The molecule has 0 spiro atoms. The summed E-state index contributed by atoms with van der Waals surface area (Å²) in [5, 5.41) is 3.29. The molecule has 2 saturated carbocycles. The van der Waals surface area contributed by atoms with Crippen molar-refractivity contribution in [3.8, 4) is 11.5 Å². The van der Waals surface area contributed by atoms with Crippen LogP contribution in [0.25, 0.3) is 6.08 Å². The minimum absolute atomic E-state index is 0.0388. The molecule has 1 saturated heterocycles. The number of amides is 1. The van der Waals surface area contributed by atoms with E-state index in [0.29, 0.717) is 11.7 Å². The fraction of sp³-hybridized carbons (Fsp3) is 0.484. The van der Waals surface area contributed by atoms with E-state index in [0.717, 1.165) is 56.0 Å². The van der Waals surface area contributed by atoms with Crippen LogP contribution >= 0.6 is 0 Å². The van der Waals surface area contributed by atoms with Crippen molar-refractivity contribution in [2.45, 2.75) is 56.9 Å². The second kappa shape index (κ2) is 11.1. The summed E-state index contributed by atoms with van der Waals surface area (Å²) in [6, 6.07) is 15.9. The van der Waals surface area contributed by atoms with E-state index in [2.05, 4.69) is 22.3 Å². The number of esters is 1. The van der Waals surface area contributed by atoms with Gasteiger partial charge in [-0.15, -0.1) is 0 Å². The van der Waals surface area contributed by atoms with Crippen molar-refractivity contribution in [1.29, 1.82) is 0 Å². The molecule has 2 aromatic rings. The molecule has 5 rings (SSSR count). The lowest BCUT2D eigenvalue weighted by Gasteiger charge is -2.53. The third-order valence-corrected chi connectivity index (χ3v) is 8.36. The zero-order valence-electron chi connectivity index (χ0n) is 21.9. The minimum atomic E-state index is -0.304. The zero-order chi connectivity index (χ0) is 25.8. The van der Waals surface area contributed by atoms with Crippen LogP contribution < -0.4 is 14.8 Å². The van der Waals surface area contributed by atoms with Crippen molar-refractivity contribution in [3.63, 3.8) is 0 Å². The Bertz CT molecular complexity index is 1160. The first-order chi connectivity index (χ1) is 17.9. The highest BCUT2D eigenvalue weighted by Gasteiger charge is 2.48. The summed E-state index contributed by atoms with van der Waals surface area (Å²) in [5.41, 5.74) is 2.12. The van der Waals surface area contributed by atoms with E-state index in [1.54, 1.807) is 13.2 Å². The van der Waals surface area contributed by atoms with Crippen LogP contribution in [0.1, 0.15) is 56.6 Å². The highest BCUT2D eigenvalue weighted by Crippen LogP contribution is 2.50. The average molecular weight is 503 g/mol. The normalized spacial score (nSPS) is 25.9. The third-order valence-electron chi connectivity index (χ3n) is 8.36. The van der Waals surface area contributed by atoms with Gasteiger partial charge in [0.1, 0.15) is 11.5 Å². The van der Waals surface area contributed by atoms with E-state index >= 15 is 0 Å². The molecule has 1 aliphatic heterocycles. The molecule has 0 bridgehead atoms. The van der Waals surface area contributed by atoms with Gasteiger partial charge in [-0.3, -0.25) is 9.59 Å². The highest BCUT2D eigenvalue weighted by atomic mass is 16.5. The van der Waals surface area contributed by atoms with E-state index in [1.165, 1.54) is 31.9 Å². The predicted molar refractivity (Wildman–Crippen MR) is 145 cm³/mol. The van der Waals surface area contributed by atoms with Gasteiger partial charge in [0, 0.05) is 37.5 Å².